The number of fused-ring (bicyclic) bond motifs is 1. The molecule has 1 N–H and O–H groups in total. The molecule has 0 unspecified atom stereocenters. The monoisotopic (exact) mass is 309 g/mol. The number of hydrogen-bond donors (Lipinski definition) is 1. The second kappa shape index (κ2) is 6.12. The molecular weight excluding hydrogens is 290 g/mol. The fourth-order valence-electron chi connectivity index (χ4n) is 2.60. The molecule has 0 saturated carbocycles. The van der Waals surface area contributed by atoms with Crippen molar-refractivity contribution in [2.24, 2.45) is 0 Å². The van der Waals surface area contributed by atoms with Gasteiger partial charge in [-0.25, -0.2) is 4.98 Å². The van der Waals surface area contributed by atoms with E-state index in [2.05, 4.69) is 21.4 Å². The van der Waals surface area contributed by atoms with Gasteiger partial charge in [-0.05, 0) is 38.1 Å². The van der Waals surface area contributed by atoms with Crippen LogP contribution in [0.5, 0.6) is 0 Å². The summed E-state index contributed by atoms with van der Waals surface area (Å²) in [7, 11) is 0. The Hall–Kier alpha value is -2.82. The van der Waals surface area contributed by atoms with Crippen LogP contribution in [0.25, 0.3) is 11.0 Å². The fourth-order valence-corrected chi connectivity index (χ4v) is 2.60. The number of rotatable bonds is 5. The number of amides is 1. The summed E-state index contributed by atoms with van der Waals surface area (Å²) < 4.78 is 7.22. The van der Waals surface area contributed by atoms with E-state index in [-0.39, 0.29) is 11.9 Å². The van der Waals surface area contributed by atoms with Gasteiger partial charge in [-0.3, -0.25) is 4.79 Å². The van der Waals surface area contributed by atoms with Crippen LogP contribution in [0, 0.1) is 0 Å². The number of nitrogens with one attached hydrogen (secondary N) is 1. The molecule has 1 atom stereocenters. The summed E-state index contributed by atoms with van der Waals surface area (Å²) in [5.41, 5.74) is 2.96. The van der Waals surface area contributed by atoms with E-state index in [9.17, 15) is 4.79 Å². The molecule has 0 saturated heterocycles. The Kier molecular flexibility index (Phi) is 4.02. The maximum absolute atomic E-state index is 12.2. The molecule has 2 heterocycles. The summed E-state index contributed by atoms with van der Waals surface area (Å²) in [6, 6.07) is 11.0. The lowest BCUT2D eigenvalue weighted by Crippen LogP contribution is -2.28. The topological polar surface area (TPSA) is 60.1 Å². The van der Waals surface area contributed by atoms with E-state index >= 15 is 0 Å². The van der Waals surface area contributed by atoms with E-state index in [0.29, 0.717) is 12.3 Å². The van der Waals surface area contributed by atoms with Crippen molar-refractivity contribution in [3.8, 4) is 0 Å². The minimum atomic E-state index is -0.253. The van der Waals surface area contributed by atoms with Gasteiger partial charge in [-0.1, -0.05) is 24.3 Å². The minimum absolute atomic E-state index is 0.251. The Bertz CT molecular complexity index is 846. The number of imidazole rings is 1. The first-order valence-electron chi connectivity index (χ1n) is 7.50. The summed E-state index contributed by atoms with van der Waals surface area (Å²) in [5.74, 6) is 0.838. The summed E-state index contributed by atoms with van der Waals surface area (Å²) in [6.07, 6.45) is 1.48. The van der Waals surface area contributed by atoms with Gasteiger partial charge in [0.15, 0.2) is 5.76 Å². The van der Waals surface area contributed by atoms with E-state index < -0.39 is 0 Å². The number of hydrogen-bond acceptors (Lipinski definition) is 3. The van der Waals surface area contributed by atoms with Gasteiger partial charge < -0.3 is 14.3 Å². The Labute approximate surface area is 134 Å². The molecular formula is C18H19N3O2. The third-order valence-corrected chi connectivity index (χ3v) is 3.59. The molecule has 3 rings (SSSR count). The summed E-state index contributed by atoms with van der Waals surface area (Å²) in [6.45, 7) is 8.54. The molecule has 5 heteroatoms. The number of allylic oxidation sites excluding steroid dienone is 1. The number of aromatic nitrogens is 2. The first kappa shape index (κ1) is 15.1. The lowest BCUT2D eigenvalue weighted by atomic mass is 10.2. The van der Waals surface area contributed by atoms with Crippen molar-refractivity contribution in [2.75, 3.05) is 0 Å². The van der Waals surface area contributed by atoms with Crippen molar-refractivity contribution in [3.05, 3.63) is 66.4 Å². The van der Waals surface area contributed by atoms with Crippen LogP contribution in [0.2, 0.25) is 0 Å². The second-order valence-corrected chi connectivity index (χ2v) is 5.67. The van der Waals surface area contributed by atoms with E-state index in [4.69, 9.17) is 4.42 Å². The molecule has 0 aliphatic rings. The third-order valence-electron chi connectivity index (χ3n) is 3.59. The lowest BCUT2D eigenvalue weighted by Gasteiger charge is -2.15. The summed E-state index contributed by atoms with van der Waals surface area (Å²) in [4.78, 5) is 16.9. The molecule has 1 amide bonds. The van der Waals surface area contributed by atoms with Gasteiger partial charge in [0.2, 0.25) is 0 Å². The lowest BCUT2D eigenvalue weighted by molar-refractivity contribution is 0.0909. The number of benzene rings is 1. The van der Waals surface area contributed by atoms with Crippen LogP contribution >= 0.6 is 0 Å². The zero-order valence-corrected chi connectivity index (χ0v) is 13.2. The standard InChI is InChI=1S/C18H19N3O2/c1-12(2)11-21-15-8-5-4-7-14(15)20-17(21)13(3)19-18(22)16-9-6-10-23-16/h4-10,13H,1,11H2,2-3H3,(H,19,22)/t13-/m0/s1. The average Bonchev–Trinajstić information content (AvgIpc) is 3.15. The van der Waals surface area contributed by atoms with E-state index in [0.717, 1.165) is 22.4 Å². The smallest absolute Gasteiger partial charge is 0.287 e. The zero-order valence-electron chi connectivity index (χ0n) is 13.2. The second-order valence-electron chi connectivity index (χ2n) is 5.67. The highest BCUT2D eigenvalue weighted by molar-refractivity contribution is 5.91. The highest BCUT2D eigenvalue weighted by Gasteiger charge is 2.19. The highest BCUT2D eigenvalue weighted by Crippen LogP contribution is 2.22. The molecule has 0 fully saturated rings. The van der Waals surface area contributed by atoms with E-state index in [1.807, 2.05) is 38.1 Å². The third kappa shape index (κ3) is 3.04. The fraction of sp³-hybridized carbons (Fsp3) is 0.222. The van der Waals surface area contributed by atoms with E-state index in [1.165, 1.54) is 6.26 Å². The molecule has 118 valence electrons. The van der Waals surface area contributed by atoms with Crippen molar-refractivity contribution >= 4 is 16.9 Å². The van der Waals surface area contributed by atoms with Crippen molar-refractivity contribution in [2.45, 2.75) is 26.4 Å². The van der Waals surface area contributed by atoms with Crippen molar-refractivity contribution in [3.63, 3.8) is 0 Å². The largest absolute Gasteiger partial charge is 0.459 e. The van der Waals surface area contributed by atoms with Crippen molar-refractivity contribution < 1.29 is 9.21 Å². The molecule has 0 bridgehead atoms. The Balaban J connectivity index is 1.94. The van der Waals surface area contributed by atoms with Gasteiger partial charge in [0.1, 0.15) is 5.82 Å². The Morgan fingerprint density at radius 2 is 2.13 bits per heavy atom. The number of para-hydroxylation sites is 2. The predicted octanol–water partition coefficient (Wildman–Crippen LogP) is 3.70. The molecule has 0 radical (unpaired) electrons. The number of furan rings is 1. The molecule has 0 aliphatic carbocycles. The van der Waals surface area contributed by atoms with Crippen LogP contribution < -0.4 is 5.32 Å². The van der Waals surface area contributed by atoms with Gasteiger partial charge >= 0.3 is 0 Å². The number of carbonyl (C=O) groups excluding carboxylic acids is 1. The molecule has 1 aromatic carbocycles. The SMILES string of the molecule is C=C(C)Cn1c([C@H](C)NC(=O)c2ccco2)nc2ccccc21. The van der Waals surface area contributed by atoms with E-state index in [1.54, 1.807) is 12.1 Å². The van der Waals surface area contributed by atoms with Gasteiger partial charge in [-0.15, -0.1) is 0 Å². The molecule has 5 nitrogen and oxygen atoms in total. The highest BCUT2D eigenvalue weighted by atomic mass is 16.3. The maximum atomic E-state index is 12.2. The van der Waals surface area contributed by atoms with Crippen molar-refractivity contribution in [1.29, 1.82) is 0 Å². The van der Waals surface area contributed by atoms with Crippen LogP contribution in [0.15, 0.2) is 59.2 Å². The van der Waals surface area contributed by atoms with Crippen LogP contribution in [-0.2, 0) is 6.54 Å². The van der Waals surface area contributed by atoms with Crippen LogP contribution in [-0.4, -0.2) is 15.5 Å². The Morgan fingerprint density at radius 3 is 2.83 bits per heavy atom. The summed E-state index contributed by atoms with van der Waals surface area (Å²) in [5, 5.41) is 2.93. The van der Waals surface area contributed by atoms with Crippen LogP contribution in [0.1, 0.15) is 36.3 Å². The first-order valence-corrected chi connectivity index (χ1v) is 7.50. The zero-order chi connectivity index (χ0) is 16.4. The molecule has 0 spiro atoms. The van der Waals surface area contributed by atoms with Gasteiger partial charge in [0.05, 0.1) is 23.3 Å². The van der Waals surface area contributed by atoms with Crippen LogP contribution in [0.4, 0.5) is 0 Å². The average molecular weight is 309 g/mol. The van der Waals surface area contributed by atoms with Gasteiger partial charge in [0.25, 0.3) is 5.91 Å². The molecule has 2 aromatic heterocycles. The number of carbonyl (C=O) groups is 1. The van der Waals surface area contributed by atoms with Crippen LogP contribution in [0.3, 0.4) is 0 Å². The molecule has 0 aliphatic heterocycles. The van der Waals surface area contributed by atoms with Crippen molar-refractivity contribution in [1.82, 2.24) is 14.9 Å². The summed E-state index contributed by atoms with van der Waals surface area (Å²) >= 11 is 0. The predicted molar refractivity (Wildman–Crippen MR) is 89.1 cm³/mol. The number of nitrogens with zero attached hydrogens (tertiary/aromatic N) is 2. The maximum Gasteiger partial charge on any atom is 0.287 e. The first-order chi connectivity index (χ1) is 11.1. The quantitative estimate of drug-likeness (QED) is 0.731. The Morgan fingerprint density at radius 1 is 1.35 bits per heavy atom. The normalized spacial score (nSPS) is 12.3. The van der Waals surface area contributed by atoms with Gasteiger partial charge in [-0.2, -0.15) is 0 Å². The molecule has 23 heavy (non-hydrogen) atoms. The molecule has 3 aromatic rings. The minimum Gasteiger partial charge on any atom is -0.459 e. The van der Waals surface area contributed by atoms with Gasteiger partial charge in [0, 0.05) is 6.54 Å².